The average Bonchev–Trinajstić information content (AvgIpc) is 3.05. The minimum Gasteiger partial charge on any atom is -0.494 e. The maximum Gasteiger partial charge on any atom is 0.227 e. The Hall–Kier alpha value is -2.04. The third-order valence-corrected chi connectivity index (χ3v) is 5.73. The second kappa shape index (κ2) is 8.56. The van der Waals surface area contributed by atoms with Gasteiger partial charge in [-0.2, -0.15) is 0 Å². The van der Waals surface area contributed by atoms with E-state index in [1.807, 2.05) is 31.2 Å². The second-order valence-electron chi connectivity index (χ2n) is 7.47. The van der Waals surface area contributed by atoms with Crippen LogP contribution in [0.2, 0.25) is 0 Å². The number of carbonyl (C=O) groups excluding carboxylic acids is 2. The van der Waals surface area contributed by atoms with Crippen LogP contribution in [-0.2, 0) is 9.59 Å². The van der Waals surface area contributed by atoms with Gasteiger partial charge < -0.3 is 15.0 Å². The number of amides is 2. The largest absolute Gasteiger partial charge is 0.494 e. The molecular weight excluding hydrogens is 328 g/mol. The van der Waals surface area contributed by atoms with Gasteiger partial charge in [-0.15, -0.1) is 0 Å². The van der Waals surface area contributed by atoms with Crippen LogP contribution >= 0.6 is 0 Å². The van der Waals surface area contributed by atoms with E-state index in [0.29, 0.717) is 19.6 Å². The summed E-state index contributed by atoms with van der Waals surface area (Å²) < 4.78 is 5.44. The van der Waals surface area contributed by atoms with E-state index >= 15 is 0 Å². The lowest BCUT2D eigenvalue weighted by Crippen LogP contribution is -2.41. The Kier molecular flexibility index (Phi) is 6.17. The molecule has 0 spiro atoms. The molecule has 1 atom stereocenters. The maximum absolute atomic E-state index is 12.6. The summed E-state index contributed by atoms with van der Waals surface area (Å²) >= 11 is 0. The smallest absolute Gasteiger partial charge is 0.227 e. The van der Waals surface area contributed by atoms with Crippen molar-refractivity contribution in [1.82, 2.24) is 5.32 Å². The predicted molar refractivity (Wildman–Crippen MR) is 102 cm³/mol. The lowest BCUT2D eigenvalue weighted by molar-refractivity contribution is -0.127. The van der Waals surface area contributed by atoms with Crippen molar-refractivity contribution < 1.29 is 14.3 Å². The number of nitrogens with zero attached hydrogens (tertiary/aromatic N) is 1. The first-order valence-electron chi connectivity index (χ1n) is 9.94. The van der Waals surface area contributed by atoms with Gasteiger partial charge in [0.25, 0.3) is 0 Å². The van der Waals surface area contributed by atoms with Crippen molar-refractivity contribution >= 4 is 17.5 Å². The van der Waals surface area contributed by atoms with Gasteiger partial charge in [-0.3, -0.25) is 9.59 Å². The number of hydrogen-bond acceptors (Lipinski definition) is 3. The van der Waals surface area contributed by atoms with Crippen LogP contribution in [-0.4, -0.2) is 31.0 Å². The molecule has 0 aromatic heterocycles. The van der Waals surface area contributed by atoms with E-state index < -0.39 is 0 Å². The third-order valence-electron chi connectivity index (χ3n) is 5.73. The summed E-state index contributed by atoms with van der Waals surface area (Å²) in [5, 5.41) is 3.19. The summed E-state index contributed by atoms with van der Waals surface area (Å²) in [6.07, 6.45) is 6.05. The minimum absolute atomic E-state index is 0.0176. The zero-order valence-electron chi connectivity index (χ0n) is 15.9. The zero-order valence-corrected chi connectivity index (χ0v) is 15.9. The van der Waals surface area contributed by atoms with E-state index in [-0.39, 0.29) is 23.8 Å². The molecule has 2 amide bonds. The minimum atomic E-state index is -0.252. The lowest BCUT2D eigenvalue weighted by atomic mass is 9.84. The Morgan fingerprint density at radius 1 is 1.15 bits per heavy atom. The molecule has 3 rings (SSSR count). The molecule has 1 aromatic rings. The van der Waals surface area contributed by atoms with E-state index in [1.54, 1.807) is 4.90 Å². The molecular formula is C21H30N2O3. The van der Waals surface area contributed by atoms with Gasteiger partial charge in [-0.25, -0.2) is 0 Å². The Bertz CT molecular complexity index is 621. The van der Waals surface area contributed by atoms with Crippen LogP contribution in [0.1, 0.15) is 52.4 Å². The summed E-state index contributed by atoms with van der Waals surface area (Å²) in [5.41, 5.74) is 0.831. The van der Waals surface area contributed by atoms with Crippen molar-refractivity contribution in [3.8, 4) is 5.75 Å². The number of rotatable bonds is 6. The van der Waals surface area contributed by atoms with Crippen LogP contribution in [0.15, 0.2) is 24.3 Å². The standard InChI is InChI=1S/C21H30N2O3/c1-3-15-5-7-17(8-6-15)22-21(25)16-13-20(24)23(14-16)18-9-11-19(12-10-18)26-4-2/h9-12,15-17H,3-8,13-14H2,1-2H3,(H,22,25)/t15?,16-,17?/m0/s1. The van der Waals surface area contributed by atoms with Gasteiger partial charge in [0.1, 0.15) is 5.75 Å². The summed E-state index contributed by atoms with van der Waals surface area (Å²) in [4.78, 5) is 26.7. The molecule has 142 valence electrons. The molecule has 1 heterocycles. The Morgan fingerprint density at radius 3 is 2.46 bits per heavy atom. The highest BCUT2D eigenvalue weighted by Crippen LogP contribution is 2.29. The van der Waals surface area contributed by atoms with Gasteiger partial charge in [0.05, 0.1) is 12.5 Å². The fourth-order valence-electron chi connectivity index (χ4n) is 4.06. The van der Waals surface area contributed by atoms with E-state index in [9.17, 15) is 9.59 Å². The van der Waals surface area contributed by atoms with Crippen LogP contribution in [0.25, 0.3) is 0 Å². The maximum atomic E-state index is 12.6. The number of anilines is 1. The Morgan fingerprint density at radius 2 is 1.85 bits per heavy atom. The molecule has 26 heavy (non-hydrogen) atoms. The average molecular weight is 358 g/mol. The van der Waals surface area contributed by atoms with Crippen molar-refractivity contribution in [2.45, 2.75) is 58.4 Å². The van der Waals surface area contributed by atoms with E-state index in [0.717, 1.165) is 30.2 Å². The quantitative estimate of drug-likeness (QED) is 0.846. The first-order chi connectivity index (χ1) is 12.6. The highest BCUT2D eigenvalue weighted by atomic mass is 16.5. The summed E-state index contributed by atoms with van der Waals surface area (Å²) in [6, 6.07) is 7.78. The molecule has 0 unspecified atom stereocenters. The number of ether oxygens (including phenoxy) is 1. The summed E-state index contributed by atoms with van der Waals surface area (Å²) in [6.45, 7) is 5.26. The van der Waals surface area contributed by atoms with Gasteiger partial charge in [-0.05, 0) is 62.8 Å². The molecule has 1 saturated carbocycles. The zero-order chi connectivity index (χ0) is 18.5. The molecule has 2 aliphatic rings. The molecule has 5 heteroatoms. The van der Waals surface area contributed by atoms with Crippen LogP contribution in [0.5, 0.6) is 5.75 Å². The molecule has 1 aliphatic heterocycles. The van der Waals surface area contributed by atoms with Crippen molar-refractivity contribution in [1.29, 1.82) is 0 Å². The van der Waals surface area contributed by atoms with Crippen LogP contribution in [0.3, 0.4) is 0 Å². The van der Waals surface area contributed by atoms with Crippen LogP contribution in [0, 0.1) is 11.8 Å². The summed E-state index contributed by atoms with van der Waals surface area (Å²) in [7, 11) is 0. The van der Waals surface area contributed by atoms with Crippen molar-refractivity contribution in [3.63, 3.8) is 0 Å². The van der Waals surface area contributed by atoms with E-state index in [2.05, 4.69) is 12.2 Å². The molecule has 0 bridgehead atoms. The fourth-order valence-corrected chi connectivity index (χ4v) is 4.06. The molecule has 1 N–H and O–H groups in total. The second-order valence-corrected chi connectivity index (χ2v) is 7.47. The van der Waals surface area contributed by atoms with Crippen LogP contribution in [0.4, 0.5) is 5.69 Å². The van der Waals surface area contributed by atoms with Gasteiger partial charge in [-0.1, -0.05) is 13.3 Å². The number of hydrogen-bond donors (Lipinski definition) is 1. The van der Waals surface area contributed by atoms with E-state index in [4.69, 9.17) is 4.74 Å². The molecule has 1 aromatic carbocycles. The van der Waals surface area contributed by atoms with Gasteiger partial charge in [0.15, 0.2) is 0 Å². The first kappa shape index (κ1) is 18.7. The Labute approximate surface area is 156 Å². The molecule has 5 nitrogen and oxygen atoms in total. The monoisotopic (exact) mass is 358 g/mol. The third kappa shape index (κ3) is 4.37. The van der Waals surface area contributed by atoms with E-state index in [1.165, 1.54) is 19.3 Å². The number of benzene rings is 1. The van der Waals surface area contributed by atoms with Crippen molar-refractivity contribution in [2.24, 2.45) is 11.8 Å². The molecule has 1 aliphatic carbocycles. The van der Waals surface area contributed by atoms with Gasteiger partial charge >= 0.3 is 0 Å². The summed E-state index contributed by atoms with van der Waals surface area (Å²) in [5.74, 6) is 1.40. The van der Waals surface area contributed by atoms with Crippen molar-refractivity contribution in [3.05, 3.63) is 24.3 Å². The SMILES string of the molecule is CCOc1ccc(N2C[C@@H](C(=O)NC3CCC(CC)CC3)CC2=O)cc1. The highest BCUT2D eigenvalue weighted by Gasteiger charge is 2.36. The molecule has 2 fully saturated rings. The van der Waals surface area contributed by atoms with Gasteiger partial charge in [0.2, 0.25) is 11.8 Å². The lowest BCUT2D eigenvalue weighted by Gasteiger charge is -2.29. The predicted octanol–water partition coefficient (Wildman–Crippen LogP) is 3.52. The number of carbonyl (C=O) groups is 2. The normalized spacial score (nSPS) is 26.0. The number of nitrogens with one attached hydrogen (secondary N) is 1. The fraction of sp³-hybridized carbons (Fsp3) is 0.619. The molecule has 0 radical (unpaired) electrons. The van der Waals surface area contributed by atoms with Crippen LogP contribution < -0.4 is 15.0 Å². The first-order valence-corrected chi connectivity index (χ1v) is 9.94. The van der Waals surface area contributed by atoms with Gasteiger partial charge in [0, 0.05) is 24.7 Å². The Balaban J connectivity index is 1.54. The topological polar surface area (TPSA) is 58.6 Å². The molecule has 1 saturated heterocycles. The highest BCUT2D eigenvalue weighted by molar-refractivity contribution is 6.00. The van der Waals surface area contributed by atoms with Crippen molar-refractivity contribution in [2.75, 3.05) is 18.1 Å².